The van der Waals surface area contributed by atoms with Crippen LogP contribution in [0.25, 0.3) is 11.2 Å². The van der Waals surface area contributed by atoms with Crippen LogP contribution in [-0.2, 0) is 15.5 Å². The standard InChI is InChI=1S/C19H20BN5O4S/c20-9-30-28-8-14-5-6-15(29-14)25-11-23-16-17(21-10-22-18(16)25)24-19(27)13-3-1-12(7-26)2-4-13/h1-6,10-11,14-15,26H,7-9,20H2,(H,21,22,24,27)/t14-,15+/m0/s1/i20TD. The van der Waals surface area contributed by atoms with Crippen molar-refractivity contribution in [3.8, 4) is 0 Å². The van der Waals surface area contributed by atoms with Gasteiger partial charge < -0.3 is 19.3 Å². The average Bonchev–Trinajstić information content (AvgIpc) is 3.44. The molecule has 0 saturated heterocycles. The monoisotopic (exact) mass is 428 g/mol. The Balaban J connectivity index is 1.43. The minimum atomic E-state index is -0.931. The Kier molecular flexibility index (Phi) is 5.66. The third-order valence-corrected chi connectivity index (χ3v) is 4.89. The van der Waals surface area contributed by atoms with Gasteiger partial charge in [-0.05, 0) is 44.1 Å². The molecular formula is C19H20BN5O4S. The van der Waals surface area contributed by atoms with Crippen molar-refractivity contribution in [3.63, 3.8) is 0 Å². The van der Waals surface area contributed by atoms with Crippen LogP contribution in [0.4, 0.5) is 5.82 Å². The van der Waals surface area contributed by atoms with Gasteiger partial charge in [-0.25, -0.2) is 15.0 Å². The van der Waals surface area contributed by atoms with Crippen molar-refractivity contribution < 1.29 is 18.8 Å². The fourth-order valence-electron chi connectivity index (χ4n) is 2.98. The van der Waals surface area contributed by atoms with Crippen LogP contribution in [0.5, 0.6) is 0 Å². The number of hydrogen-bond donors (Lipinski definition) is 2. The Morgan fingerprint density at radius 2 is 2.27 bits per heavy atom. The maximum atomic E-state index is 12.6. The van der Waals surface area contributed by atoms with Gasteiger partial charge in [-0.3, -0.25) is 9.36 Å². The predicted octanol–water partition coefficient (Wildman–Crippen LogP) is 1.28. The molecule has 3 aromatic rings. The van der Waals surface area contributed by atoms with Crippen LogP contribution in [0.15, 0.2) is 49.1 Å². The fourth-order valence-corrected chi connectivity index (χ4v) is 3.30. The summed E-state index contributed by atoms with van der Waals surface area (Å²) in [4.78, 5) is 25.4. The van der Waals surface area contributed by atoms with Gasteiger partial charge in [0.25, 0.3) is 5.91 Å². The molecule has 2 N–H and O–H groups in total. The number of amides is 1. The van der Waals surface area contributed by atoms with Crippen LogP contribution < -0.4 is 5.32 Å². The first kappa shape index (κ1) is 18.1. The normalized spacial score (nSPS) is 19.0. The number of nitrogens with one attached hydrogen (secondary N) is 1. The average molecular weight is 428 g/mol. The second-order valence-corrected chi connectivity index (χ2v) is 7.18. The maximum absolute atomic E-state index is 12.6. The molecule has 0 bridgehead atoms. The number of hydrogen-bond acceptors (Lipinski definition) is 8. The SMILES string of the molecule is [2H]B([3H])CSOC[C@@H]1C=C[C@H](n2cnc3c(NC(=O)c4ccc(CO)cc4)ncnc32)O1. The van der Waals surface area contributed by atoms with E-state index in [1.807, 2.05) is 12.2 Å². The van der Waals surface area contributed by atoms with E-state index in [4.69, 9.17) is 16.7 Å². The molecule has 0 fully saturated rings. The number of ether oxygens (including phenoxy) is 1. The molecule has 0 aliphatic carbocycles. The van der Waals surface area contributed by atoms with E-state index in [9.17, 15) is 4.79 Å². The van der Waals surface area contributed by atoms with Crippen molar-refractivity contribution in [3.05, 3.63) is 60.2 Å². The van der Waals surface area contributed by atoms with Gasteiger partial charge in [0.2, 0.25) is 0 Å². The van der Waals surface area contributed by atoms with Gasteiger partial charge in [-0.2, -0.15) is 0 Å². The van der Waals surface area contributed by atoms with Crippen LogP contribution in [0, 0.1) is 0 Å². The molecule has 0 unspecified atom stereocenters. The highest BCUT2D eigenvalue weighted by molar-refractivity contribution is 7.95. The molecule has 11 heteroatoms. The van der Waals surface area contributed by atoms with E-state index >= 15 is 0 Å². The van der Waals surface area contributed by atoms with Gasteiger partial charge in [0.05, 0.1) is 19.5 Å². The zero-order chi connectivity index (χ0) is 22.5. The van der Waals surface area contributed by atoms with Crippen LogP contribution in [0.3, 0.4) is 0 Å². The Hall–Kier alpha value is -2.73. The van der Waals surface area contributed by atoms with Crippen molar-refractivity contribution >= 4 is 42.7 Å². The lowest BCUT2D eigenvalue weighted by Crippen LogP contribution is -2.16. The molecular weight excluding hydrogens is 405 g/mol. The van der Waals surface area contributed by atoms with Gasteiger partial charge in [0.1, 0.15) is 20.2 Å². The molecule has 1 aliphatic heterocycles. The van der Waals surface area contributed by atoms with Crippen molar-refractivity contribution in [2.45, 2.75) is 18.9 Å². The first-order valence-electron chi connectivity index (χ1n) is 10.3. The topological polar surface area (TPSA) is 111 Å². The van der Waals surface area contributed by atoms with Crippen molar-refractivity contribution in [1.29, 1.82) is 2.67 Å². The number of carbonyl (C=O) groups excluding carboxylic acids is 1. The Morgan fingerprint density at radius 1 is 1.40 bits per heavy atom. The largest absolute Gasteiger partial charge is 0.392 e. The van der Waals surface area contributed by atoms with Crippen molar-refractivity contribution in [2.75, 3.05) is 17.6 Å². The summed E-state index contributed by atoms with van der Waals surface area (Å²) in [7, 11) is -0.931. The first-order valence-corrected chi connectivity index (χ1v) is 10.1. The first-order chi connectivity index (χ1) is 15.5. The molecule has 154 valence electrons. The number of nitrogens with zero attached hydrogens (tertiary/aromatic N) is 4. The lowest BCUT2D eigenvalue weighted by Gasteiger charge is -2.15. The highest BCUT2D eigenvalue weighted by Gasteiger charge is 2.24. The predicted molar refractivity (Wildman–Crippen MR) is 116 cm³/mol. The summed E-state index contributed by atoms with van der Waals surface area (Å²) in [5, 5.41) is 11.9. The summed E-state index contributed by atoms with van der Waals surface area (Å²) in [5.74, 6) is -0.0676. The molecule has 30 heavy (non-hydrogen) atoms. The van der Waals surface area contributed by atoms with Gasteiger partial charge in [-0.1, -0.05) is 18.2 Å². The van der Waals surface area contributed by atoms with Gasteiger partial charge in [-0.15, -0.1) is 0 Å². The molecule has 9 nitrogen and oxygen atoms in total. The Morgan fingerprint density at radius 3 is 3.07 bits per heavy atom. The second kappa shape index (κ2) is 9.39. The van der Waals surface area contributed by atoms with E-state index in [1.165, 1.54) is 6.33 Å². The van der Waals surface area contributed by atoms with Crippen molar-refractivity contribution in [1.82, 2.24) is 19.5 Å². The number of imidazole rings is 1. The summed E-state index contributed by atoms with van der Waals surface area (Å²) in [6.07, 6.45) is 5.93. The number of aliphatic hydroxyl groups is 1. The highest BCUT2D eigenvalue weighted by Crippen LogP contribution is 2.27. The second-order valence-electron chi connectivity index (χ2n) is 6.37. The van der Waals surface area contributed by atoms with E-state index in [-0.39, 0.29) is 30.1 Å². The Labute approximate surface area is 180 Å². The molecule has 1 aromatic carbocycles. The lowest BCUT2D eigenvalue weighted by molar-refractivity contribution is 0.00212. The van der Waals surface area contributed by atoms with E-state index < -0.39 is 14.0 Å². The smallest absolute Gasteiger partial charge is 0.256 e. The molecule has 0 radical (unpaired) electrons. The molecule has 0 saturated carbocycles. The lowest BCUT2D eigenvalue weighted by atomic mass is 10.1. The van der Waals surface area contributed by atoms with Crippen LogP contribution in [0.1, 0.15) is 22.1 Å². The summed E-state index contributed by atoms with van der Waals surface area (Å²) in [6, 6.07) is 6.62. The third-order valence-electron chi connectivity index (χ3n) is 4.45. The molecule has 0 spiro atoms. The molecule has 3 heterocycles. The molecule has 1 aliphatic rings. The summed E-state index contributed by atoms with van der Waals surface area (Å²) < 4.78 is 27.4. The number of aliphatic hydroxyl groups excluding tert-OH is 1. The van der Waals surface area contributed by atoms with E-state index in [2.05, 4.69) is 20.3 Å². The Bertz CT molecular complexity index is 1110. The molecule has 2 atom stereocenters. The highest BCUT2D eigenvalue weighted by atomic mass is 32.2. The van der Waals surface area contributed by atoms with Gasteiger partial charge >= 0.3 is 0 Å². The van der Waals surface area contributed by atoms with Crippen molar-refractivity contribution in [2.24, 2.45) is 0 Å². The number of fused-ring (bicyclic) bond motifs is 1. The zero-order valence-corrected chi connectivity index (χ0v) is 16.7. The van der Waals surface area contributed by atoms with E-state index in [0.29, 0.717) is 28.9 Å². The van der Waals surface area contributed by atoms with E-state index in [0.717, 1.165) is 12.0 Å². The van der Waals surface area contributed by atoms with E-state index in [1.54, 1.807) is 35.2 Å². The summed E-state index contributed by atoms with van der Waals surface area (Å²) in [6.45, 7) is 0.203. The van der Waals surface area contributed by atoms with Crippen LogP contribution in [0.2, 0.25) is 0 Å². The minimum Gasteiger partial charge on any atom is -0.392 e. The number of aromatic nitrogens is 4. The number of benzene rings is 1. The summed E-state index contributed by atoms with van der Waals surface area (Å²) >= 11 is 1.08. The van der Waals surface area contributed by atoms with Gasteiger partial charge in [0, 0.05) is 5.56 Å². The maximum Gasteiger partial charge on any atom is 0.256 e. The number of rotatable bonds is 9. The zero-order valence-electron chi connectivity index (χ0n) is 17.8. The fraction of sp³-hybridized carbons (Fsp3) is 0.263. The number of anilines is 1. The quantitative estimate of drug-likeness (QED) is 0.227. The molecule has 2 aromatic heterocycles. The summed E-state index contributed by atoms with van der Waals surface area (Å²) in [5.41, 5.74) is 2.34. The third kappa shape index (κ3) is 4.39. The minimum absolute atomic E-state index is 0.0911. The van der Waals surface area contributed by atoms with Crippen LogP contribution >= 0.6 is 12.0 Å². The molecule has 1 amide bonds. The molecule has 4 rings (SSSR count). The van der Waals surface area contributed by atoms with Crippen LogP contribution in [-0.4, -0.2) is 59.3 Å². The van der Waals surface area contributed by atoms with Gasteiger partial charge in [0.15, 0.2) is 23.2 Å². The number of carbonyl (C=O) groups is 1.